The summed E-state index contributed by atoms with van der Waals surface area (Å²) in [5.41, 5.74) is 6.92. The van der Waals surface area contributed by atoms with Gasteiger partial charge in [0, 0.05) is 11.5 Å². The van der Waals surface area contributed by atoms with Gasteiger partial charge in [-0.3, -0.25) is 0 Å². The zero-order chi connectivity index (χ0) is 10.8. The molecule has 0 radical (unpaired) electrons. The van der Waals surface area contributed by atoms with Gasteiger partial charge < -0.3 is 15.2 Å². The van der Waals surface area contributed by atoms with Crippen LogP contribution in [0, 0.1) is 5.92 Å². The van der Waals surface area contributed by atoms with Crippen LogP contribution in [0.4, 0.5) is 0 Å². The molecule has 1 aliphatic heterocycles. The van der Waals surface area contributed by atoms with Crippen LogP contribution in [0.2, 0.25) is 0 Å². The van der Waals surface area contributed by atoms with Gasteiger partial charge in [0.1, 0.15) is 11.5 Å². The molecule has 0 aromatic heterocycles. The Morgan fingerprint density at radius 1 is 1.60 bits per heavy atom. The minimum Gasteiger partial charge on any atom is -0.497 e. The van der Waals surface area contributed by atoms with Gasteiger partial charge in [-0.25, -0.2) is 0 Å². The number of methoxy groups -OCH3 is 1. The average molecular weight is 207 g/mol. The van der Waals surface area contributed by atoms with E-state index in [0.29, 0.717) is 18.4 Å². The topological polar surface area (TPSA) is 44.5 Å². The molecule has 2 atom stereocenters. The van der Waals surface area contributed by atoms with Gasteiger partial charge in [0.05, 0.1) is 13.7 Å². The van der Waals surface area contributed by atoms with Gasteiger partial charge in [0.2, 0.25) is 0 Å². The highest BCUT2D eigenvalue weighted by atomic mass is 16.5. The molecule has 2 N–H and O–H groups in total. The van der Waals surface area contributed by atoms with Gasteiger partial charge in [-0.15, -0.1) is 0 Å². The highest BCUT2D eigenvalue weighted by Gasteiger charge is 2.28. The summed E-state index contributed by atoms with van der Waals surface area (Å²) in [6.07, 6.45) is 0. The quantitative estimate of drug-likeness (QED) is 0.821. The van der Waals surface area contributed by atoms with Gasteiger partial charge >= 0.3 is 0 Å². The second kappa shape index (κ2) is 4.11. The summed E-state index contributed by atoms with van der Waals surface area (Å²) in [5, 5.41) is 0. The fraction of sp³-hybridized carbons (Fsp3) is 0.500. The van der Waals surface area contributed by atoms with Crippen molar-refractivity contribution in [1.82, 2.24) is 0 Å². The summed E-state index contributed by atoms with van der Waals surface area (Å²) in [4.78, 5) is 0. The molecule has 2 unspecified atom stereocenters. The van der Waals surface area contributed by atoms with Crippen molar-refractivity contribution < 1.29 is 9.47 Å². The smallest absolute Gasteiger partial charge is 0.123 e. The van der Waals surface area contributed by atoms with Gasteiger partial charge in [-0.1, -0.05) is 6.92 Å². The van der Waals surface area contributed by atoms with Crippen molar-refractivity contribution in [2.24, 2.45) is 11.7 Å². The standard InChI is InChI=1S/C12H17NO2/c1-8(6-13)11-7-15-12-4-3-9(14-2)5-10(11)12/h3-5,8,11H,6-7,13H2,1-2H3. The van der Waals surface area contributed by atoms with Gasteiger partial charge in [0.15, 0.2) is 0 Å². The molecular weight excluding hydrogens is 190 g/mol. The highest BCUT2D eigenvalue weighted by Crippen LogP contribution is 2.39. The minimum atomic E-state index is 0.403. The Morgan fingerprint density at radius 2 is 2.40 bits per heavy atom. The van der Waals surface area contributed by atoms with E-state index in [0.717, 1.165) is 18.1 Å². The van der Waals surface area contributed by atoms with Crippen molar-refractivity contribution in [3.8, 4) is 11.5 Å². The first-order valence-electron chi connectivity index (χ1n) is 5.27. The summed E-state index contributed by atoms with van der Waals surface area (Å²) >= 11 is 0. The van der Waals surface area contributed by atoms with Crippen LogP contribution in [-0.4, -0.2) is 20.3 Å². The predicted molar refractivity (Wildman–Crippen MR) is 59.4 cm³/mol. The van der Waals surface area contributed by atoms with Crippen LogP contribution in [0.1, 0.15) is 18.4 Å². The zero-order valence-electron chi connectivity index (χ0n) is 9.19. The molecule has 3 nitrogen and oxygen atoms in total. The van der Waals surface area contributed by atoms with E-state index in [1.165, 1.54) is 5.56 Å². The lowest BCUT2D eigenvalue weighted by Crippen LogP contribution is -2.20. The fourth-order valence-corrected chi connectivity index (χ4v) is 1.98. The molecule has 1 heterocycles. The molecule has 1 aromatic carbocycles. The Kier molecular flexibility index (Phi) is 2.82. The second-order valence-corrected chi connectivity index (χ2v) is 4.03. The summed E-state index contributed by atoms with van der Waals surface area (Å²) in [6.45, 7) is 3.58. The maximum Gasteiger partial charge on any atom is 0.123 e. The van der Waals surface area contributed by atoms with E-state index in [1.54, 1.807) is 7.11 Å². The van der Waals surface area contributed by atoms with E-state index < -0.39 is 0 Å². The van der Waals surface area contributed by atoms with Crippen molar-refractivity contribution in [1.29, 1.82) is 0 Å². The first kappa shape index (κ1) is 10.3. The van der Waals surface area contributed by atoms with Crippen LogP contribution in [0.5, 0.6) is 11.5 Å². The second-order valence-electron chi connectivity index (χ2n) is 4.03. The molecular formula is C12H17NO2. The van der Waals surface area contributed by atoms with Crippen molar-refractivity contribution in [2.75, 3.05) is 20.3 Å². The molecule has 2 rings (SSSR count). The number of benzene rings is 1. The summed E-state index contributed by atoms with van der Waals surface area (Å²) in [7, 11) is 1.68. The minimum absolute atomic E-state index is 0.403. The Labute approximate surface area is 90.2 Å². The van der Waals surface area contributed by atoms with E-state index in [1.807, 2.05) is 12.1 Å². The van der Waals surface area contributed by atoms with Crippen LogP contribution < -0.4 is 15.2 Å². The summed E-state index contributed by atoms with van der Waals surface area (Å²) in [5.74, 6) is 2.70. The lowest BCUT2D eigenvalue weighted by molar-refractivity contribution is 0.299. The van der Waals surface area contributed by atoms with Gasteiger partial charge in [-0.2, -0.15) is 0 Å². The van der Waals surface area contributed by atoms with Crippen molar-refractivity contribution in [2.45, 2.75) is 12.8 Å². The molecule has 1 aliphatic rings. The van der Waals surface area contributed by atoms with E-state index in [-0.39, 0.29) is 0 Å². The molecule has 0 fully saturated rings. The van der Waals surface area contributed by atoms with Crippen LogP contribution in [-0.2, 0) is 0 Å². The molecule has 3 heteroatoms. The van der Waals surface area contributed by atoms with E-state index >= 15 is 0 Å². The SMILES string of the molecule is COc1ccc2c(c1)C(C(C)CN)CO2. The predicted octanol–water partition coefficient (Wildman–Crippen LogP) is 1.77. The average Bonchev–Trinajstić information content (AvgIpc) is 2.70. The molecule has 1 aromatic rings. The van der Waals surface area contributed by atoms with Crippen LogP contribution in [0.15, 0.2) is 18.2 Å². The molecule has 0 amide bonds. The zero-order valence-corrected chi connectivity index (χ0v) is 9.19. The van der Waals surface area contributed by atoms with Crippen LogP contribution in [0.25, 0.3) is 0 Å². The highest BCUT2D eigenvalue weighted by molar-refractivity contribution is 5.45. The van der Waals surface area contributed by atoms with Gasteiger partial charge in [-0.05, 0) is 30.7 Å². The number of rotatable bonds is 3. The Morgan fingerprint density at radius 3 is 3.07 bits per heavy atom. The lowest BCUT2D eigenvalue weighted by atomic mass is 9.89. The van der Waals surface area contributed by atoms with E-state index in [4.69, 9.17) is 15.2 Å². The van der Waals surface area contributed by atoms with Crippen molar-refractivity contribution >= 4 is 0 Å². The van der Waals surface area contributed by atoms with Crippen LogP contribution in [0.3, 0.4) is 0 Å². The number of ether oxygens (including phenoxy) is 2. The van der Waals surface area contributed by atoms with Gasteiger partial charge in [0.25, 0.3) is 0 Å². The lowest BCUT2D eigenvalue weighted by Gasteiger charge is -2.16. The number of fused-ring (bicyclic) bond motifs is 1. The molecule has 0 saturated heterocycles. The molecule has 0 bridgehead atoms. The fourth-order valence-electron chi connectivity index (χ4n) is 1.98. The molecule has 82 valence electrons. The number of hydrogen-bond acceptors (Lipinski definition) is 3. The third-order valence-electron chi connectivity index (χ3n) is 3.09. The molecule has 0 spiro atoms. The third kappa shape index (κ3) is 1.79. The van der Waals surface area contributed by atoms with Crippen molar-refractivity contribution in [3.63, 3.8) is 0 Å². The first-order valence-corrected chi connectivity index (χ1v) is 5.27. The van der Waals surface area contributed by atoms with Crippen molar-refractivity contribution in [3.05, 3.63) is 23.8 Å². The maximum atomic E-state index is 5.69. The molecule has 0 aliphatic carbocycles. The maximum absolute atomic E-state index is 5.69. The summed E-state index contributed by atoms with van der Waals surface area (Å²) in [6, 6.07) is 5.95. The molecule has 0 saturated carbocycles. The van der Waals surface area contributed by atoms with E-state index in [9.17, 15) is 0 Å². The summed E-state index contributed by atoms with van der Waals surface area (Å²) < 4.78 is 10.8. The Bertz CT molecular complexity index is 351. The monoisotopic (exact) mass is 207 g/mol. The number of hydrogen-bond donors (Lipinski definition) is 1. The first-order chi connectivity index (χ1) is 7.26. The largest absolute Gasteiger partial charge is 0.497 e. The normalized spacial score (nSPS) is 20.6. The Balaban J connectivity index is 2.31. The van der Waals surface area contributed by atoms with E-state index in [2.05, 4.69) is 13.0 Å². The van der Waals surface area contributed by atoms with Crippen LogP contribution >= 0.6 is 0 Å². The molecule has 15 heavy (non-hydrogen) atoms. The number of nitrogens with two attached hydrogens (primary N) is 1. The Hall–Kier alpha value is -1.22. The third-order valence-corrected chi connectivity index (χ3v) is 3.09.